The molecule has 2 N–H and O–H groups in total. The van der Waals surface area contributed by atoms with Crippen molar-refractivity contribution in [1.29, 1.82) is 0 Å². The monoisotopic (exact) mass is 291 g/mol. The molecule has 0 saturated carbocycles. The van der Waals surface area contributed by atoms with Crippen molar-refractivity contribution in [2.24, 2.45) is 0 Å². The summed E-state index contributed by atoms with van der Waals surface area (Å²) in [6, 6.07) is 10.9. The normalized spacial score (nSPS) is 22.6. The SMILES string of the molecule is CN[C@H](Cc1ccccc1)[C@@H](O)N1CCC[C@H]1CN(C)C. The van der Waals surface area contributed by atoms with Crippen LogP contribution in [0, 0.1) is 0 Å². The summed E-state index contributed by atoms with van der Waals surface area (Å²) in [7, 11) is 6.14. The number of rotatable bonds is 7. The van der Waals surface area contributed by atoms with Crippen LogP contribution in [-0.2, 0) is 6.42 Å². The van der Waals surface area contributed by atoms with E-state index in [1.54, 1.807) is 0 Å². The average Bonchev–Trinajstić information content (AvgIpc) is 2.92. The topological polar surface area (TPSA) is 38.7 Å². The fraction of sp³-hybridized carbons (Fsp3) is 0.647. The lowest BCUT2D eigenvalue weighted by Gasteiger charge is -2.35. The molecule has 4 nitrogen and oxygen atoms in total. The van der Waals surface area contributed by atoms with Crippen molar-refractivity contribution in [3.63, 3.8) is 0 Å². The second kappa shape index (κ2) is 7.90. The summed E-state index contributed by atoms with van der Waals surface area (Å²) < 4.78 is 0. The summed E-state index contributed by atoms with van der Waals surface area (Å²) in [6.07, 6.45) is 2.78. The van der Waals surface area contributed by atoms with E-state index in [1.165, 1.54) is 18.4 Å². The molecular weight excluding hydrogens is 262 g/mol. The maximum Gasteiger partial charge on any atom is 0.123 e. The highest BCUT2D eigenvalue weighted by atomic mass is 16.3. The van der Waals surface area contributed by atoms with E-state index in [1.807, 2.05) is 13.1 Å². The van der Waals surface area contributed by atoms with Gasteiger partial charge >= 0.3 is 0 Å². The van der Waals surface area contributed by atoms with E-state index >= 15 is 0 Å². The summed E-state index contributed by atoms with van der Waals surface area (Å²) in [5, 5.41) is 14.1. The highest BCUT2D eigenvalue weighted by molar-refractivity contribution is 5.16. The van der Waals surface area contributed by atoms with Crippen LogP contribution in [-0.4, -0.2) is 67.5 Å². The standard InChI is InChI=1S/C17H29N3O/c1-18-16(12-14-8-5-4-6-9-14)17(21)20-11-7-10-15(20)13-19(2)3/h4-6,8-9,15-18,21H,7,10-13H2,1-3H3/t15-,16+,17+/m0/s1. The first kappa shape index (κ1) is 16.4. The Morgan fingerprint density at radius 1 is 1.33 bits per heavy atom. The number of hydrogen-bond donors (Lipinski definition) is 2. The van der Waals surface area contributed by atoms with Gasteiger partial charge in [0.05, 0.1) is 6.04 Å². The van der Waals surface area contributed by atoms with Crippen molar-refractivity contribution in [3.05, 3.63) is 35.9 Å². The van der Waals surface area contributed by atoms with Crippen molar-refractivity contribution < 1.29 is 5.11 Å². The van der Waals surface area contributed by atoms with Crippen LogP contribution in [0.5, 0.6) is 0 Å². The van der Waals surface area contributed by atoms with Crippen LogP contribution in [0.15, 0.2) is 30.3 Å². The molecule has 21 heavy (non-hydrogen) atoms. The van der Waals surface area contributed by atoms with Crippen LogP contribution in [0.4, 0.5) is 0 Å². The number of aliphatic hydroxyl groups is 1. The van der Waals surface area contributed by atoms with Crippen molar-refractivity contribution in [1.82, 2.24) is 15.1 Å². The van der Waals surface area contributed by atoms with Gasteiger partial charge in [-0.3, -0.25) is 4.90 Å². The maximum atomic E-state index is 10.8. The Balaban J connectivity index is 2.00. The predicted octanol–water partition coefficient (Wildman–Crippen LogP) is 1.16. The van der Waals surface area contributed by atoms with E-state index < -0.39 is 6.23 Å². The molecule has 0 aliphatic carbocycles. The third-order valence-electron chi connectivity index (χ3n) is 4.37. The van der Waals surface area contributed by atoms with Gasteiger partial charge in [0.2, 0.25) is 0 Å². The smallest absolute Gasteiger partial charge is 0.123 e. The van der Waals surface area contributed by atoms with Gasteiger partial charge in [0, 0.05) is 19.1 Å². The Kier molecular flexibility index (Phi) is 6.18. The van der Waals surface area contributed by atoms with Gasteiger partial charge in [-0.2, -0.15) is 0 Å². The molecule has 1 saturated heterocycles. The highest BCUT2D eigenvalue weighted by Crippen LogP contribution is 2.22. The average molecular weight is 291 g/mol. The maximum absolute atomic E-state index is 10.8. The fourth-order valence-electron chi connectivity index (χ4n) is 3.28. The zero-order valence-corrected chi connectivity index (χ0v) is 13.5. The van der Waals surface area contributed by atoms with Crippen LogP contribution < -0.4 is 5.32 Å². The zero-order chi connectivity index (χ0) is 15.2. The number of benzene rings is 1. The minimum atomic E-state index is -0.428. The van der Waals surface area contributed by atoms with E-state index in [9.17, 15) is 5.11 Å². The molecule has 2 rings (SSSR count). The number of aliphatic hydroxyl groups excluding tert-OH is 1. The third-order valence-corrected chi connectivity index (χ3v) is 4.37. The fourth-order valence-corrected chi connectivity index (χ4v) is 3.28. The first-order chi connectivity index (χ1) is 10.1. The number of hydrogen-bond acceptors (Lipinski definition) is 4. The van der Waals surface area contributed by atoms with Gasteiger partial charge in [0.25, 0.3) is 0 Å². The molecule has 0 aromatic heterocycles. The lowest BCUT2D eigenvalue weighted by atomic mass is 10.0. The van der Waals surface area contributed by atoms with Gasteiger partial charge in [-0.25, -0.2) is 0 Å². The first-order valence-electron chi connectivity index (χ1n) is 7.91. The Morgan fingerprint density at radius 2 is 2.05 bits per heavy atom. The molecule has 118 valence electrons. The first-order valence-corrected chi connectivity index (χ1v) is 7.91. The van der Waals surface area contributed by atoms with Gasteiger partial charge in [-0.1, -0.05) is 30.3 Å². The lowest BCUT2D eigenvalue weighted by Crippen LogP contribution is -2.53. The summed E-state index contributed by atoms with van der Waals surface area (Å²) in [6.45, 7) is 2.01. The van der Waals surface area contributed by atoms with Crippen LogP contribution in [0.2, 0.25) is 0 Å². The van der Waals surface area contributed by atoms with Gasteiger partial charge in [-0.05, 0) is 46.0 Å². The Labute approximate surface area is 128 Å². The minimum Gasteiger partial charge on any atom is -0.377 e. The van der Waals surface area contributed by atoms with Crippen molar-refractivity contribution in [3.8, 4) is 0 Å². The van der Waals surface area contributed by atoms with Crippen LogP contribution in [0.3, 0.4) is 0 Å². The van der Waals surface area contributed by atoms with E-state index in [2.05, 4.69) is 53.5 Å². The predicted molar refractivity (Wildman–Crippen MR) is 87.3 cm³/mol. The largest absolute Gasteiger partial charge is 0.377 e. The summed E-state index contributed by atoms with van der Waals surface area (Å²) in [4.78, 5) is 4.48. The van der Waals surface area contributed by atoms with Crippen LogP contribution >= 0.6 is 0 Å². The summed E-state index contributed by atoms with van der Waals surface area (Å²) >= 11 is 0. The zero-order valence-electron chi connectivity index (χ0n) is 13.5. The van der Waals surface area contributed by atoms with Crippen LogP contribution in [0.25, 0.3) is 0 Å². The van der Waals surface area contributed by atoms with E-state index in [4.69, 9.17) is 0 Å². The van der Waals surface area contributed by atoms with Crippen molar-refractivity contribution in [2.75, 3.05) is 34.2 Å². The molecule has 1 aliphatic heterocycles. The highest BCUT2D eigenvalue weighted by Gasteiger charge is 2.33. The lowest BCUT2D eigenvalue weighted by molar-refractivity contribution is -0.0342. The molecule has 0 radical (unpaired) electrons. The molecule has 0 spiro atoms. The number of nitrogens with zero attached hydrogens (tertiary/aromatic N) is 2. The molecule has 3 atom stereocenters. The van der Waals surface area contributed by atoms with E-state index in [0.717, 1.165) is 19.5 Å². The Hall–Kier alpha value is -0.940. The molecule has 4 heteroatoms. The number of likely N-dealkylation sites (N-methyl/N-ethyl adjacent to an activating group) is 2. The van der Waals surface area contributed by atoms with Crippen molar-refractivity contribution >= 4 is 0 Å². The molecule has 0 unspecified atom stereocenters. The Morgan fingerprint density at radius 3 is 2.67 bits per heavy atom. The third kappa shape index (κ3) is 4.51. The molecular formula is C17H29N3O. The van der Waals surface area contributed by atoms with E-state index in [-0.39, 0.29) is 6.04 Å². The molecule has 1 aromatic carbocycles. The second-order valence-electron chi connectivity index (χ2n) is 6.29. The summed E-state index contributed by atoms with van der Waals surface area (Å²) in [5.74, 6) is 0. The molecule has 1 aromatic rings. The Bertz CT molecular complexity index is 410. The van der Waals surface area contributed by atoms with Crippen LogP contribution in [0.1, 0.15) is 18.4 Å². The molecule has 1 fully saturated rings. The quantitative estimate of drug-likeness (QED) is 0.791. The number of likely N-dealkylation sites (tertiary alicyclic amines) is 1. The van der Waals surface area contributed by atoms with E-state index in [0.29, 0.717) is 6.04 Å². The molecule has 0 amide bonds. The second-order valence-corrected chi connectivity index (χ2v) is 6.29. The number of nitrogens with one attached hydrogen (secondary N) is 1. The van der Waals surface area contributed by atoms with Gasteiger partial charge in [-0.15, -0.1) is 0 Å². The van der Waals surface area contributed by atoms with Gasteiger partial charge in [0.15, 0.2) is 0 Å². The molecule has 1 heterocycles. The molecule has 1 aliphatic rings. The minimum absolute atomic E-state index is 0.0650. The van der Waals surface area contributed by atoms with Crippen molar-refractivity contribution in [2.45, 2.75) is 37.6 Å². The summed E-state index contributed by atoms with van der Waals surface area (Å²) in [5.41, 5.74) is 1.26. The van der Waals surface area contributed by atoms with Gasteiger partial charge in [0.1, 0.15) is 6.23 Å². The van der Waals surface area contributed by atoms with Gasteiger partial charge < -0.3 is 15.3 Å². The molecule has 0 bridgehead atoms.